The van der Waals surface area contributed by atoms with Gasteiger partial charge in [-0.2, -0.15) is 4.98 Å². The van der Waals surface area contributed by atoms with Gasteiger partial charge in [0.05, 0.1) is 24.7 Å². The van der Waals surface area contributed by atoms with Crippen molar-refractivity contribution in [3.63, 3.8) is 0 Å². The van der Waals surface area contributed by atoms with Crippen LogP contribution in [0.15, 0.2) is 53.4 Å². The molecule has 1 amide bonds. The van der Waals surface area contributed by atoms with Gasteiger partial charge >= 0.3 is 0 Å². The average Bonchev–Trinajstić information content (AvgIpc) is 3.17. The summed E-state index contributed by atoms with van der Waals surface area (Å²) in [7, 11) is -2.21. The van der Waals surface area contributed by atoms with Crippen LogP contribution in [0, 0.1) is 5.82 Å². The van der Waals surface area contributed by atoms with E-state index < -0.39 is 20.5 Å². The van der Waals surface area contributed by atoms with E-state index in [2.05, 4.69) is 9.97 Å². The quantitative estimate of drug-likeness (QED) is 0.417. The van der Waals surface area contributed by atoms with E-state index in [-0.39, 0.29) is 36.6 Å². The molecule has 0 saturated heterocycles. The Morgan fingerprint density at radius 3 is 2.65 bits per heavy atom. The lowest BCUT2D eigenvalue weighted by molar-refractivity contribution is 0.0731. The first-order valence-corrected chi connectivity index (χ1v) is 13.7. The summed E-state index contributed by atoms with van der Waals surface area (Å²) in [5.74, 6) is -0.559. The topological polar surface area (TPSA) is 102 Å². The highest BCUT2D eigenvalue weighted by molar-refractivity contribution is 7.90. The van der Waals surface area contributed by atoms with Crippen LogP contribution in [0.25, 0.3) is 22.2 Å². The second-order valence-electron chi connectivity index (χ2n) is 8.91. The van der Waals surface area contributed by atoms with E-state index in [0.717, 1.165) is 40.0 Å². The number of hydrogen-bond donors (Lipinski definition) is 1. The number of aromatic amines is 1. The molecular weight excluding hydrogens is 497 g/mol. The van der Waals surface area contributed by atoms with Crippen LogP contribution >= 0.6 is 0 Å². The maximum atomic E-state index is 15.1. The zero-order chi connectivity index (χ0) is 26.3. The van der Waals surface area contributed by atoms with Crippen molar-refractivity contribution in [1.29, 1.82) is 0 Å². The number of carbonyl (C=O) groups excluding carboxylic acids is 1. The number of fused-ring (bicyclic) bond motifs is 2. The summed E-state index contributed by atoms with van der Waals surface area (Å²) in [6.07, 6.45) is 1.13. The van der Waals surface area contributed by atoms with Crippen LogP contribution in [-0.4, -0.2) is 55.7 Å². The Kier molecular flexibility index (Phi) is 6.36. The van der Waals surface area contributed by atoms with Gasteiger partial charge in [-0.3, -0.25) is 4.79 Å². The van der Waals surface area contributed by atoms with E-state index >= 15 is 4.39 Å². The molecule has 1 aliphatic rings. The van der Waals surface area contributed by atoms with Crippen molar-refractivity contribution in [1.82, 2.24) is 14.9 Å². The molecule has 1 N–H and O–H groups in total. The highest BCUT2D eigenvalue weighted by Crippen LogP contribution is 2.32. The Bertz CT molecular complexity index is 1630. The SMILES string of the molecule is CCc1c(C(=O)N2CCOc3ccc(-c4ccc5nc(OC)[nH]c5c4)cc3C2)ccc(S(C)(=O)=O)c1F. The molecule has 0 bridgehead atoms. The molecule has 1 aromatic heterocycles. The van der Waals surface area contributed by atoms with Gasteiger partial charge in [0.1, 0.15) is 23.1 Å². The molecule has 0 atom stereocenters. The summed E-state index contributed by atoms with van der Waals surface area (Å²) in [5, 5.41) is 0. The van der Waals surface area contributed by atoms with Crippen molar-refractivity contribution in [2.75, 3.05) is 26.5 Å². The van der Waals surface area contributed by atoms with Crippen LogP contribution in [0.4, 0.5) is 4.39 Å². The minimum absolute atomic E-state index is 0.0929. The van der Waals surface area contributed by atoms with Crippen molar-refractivity contribution >= 4 is 26.8 Å². The second-order valence-corrected chi connectivity index (χ2v) is 10.9. The van der Waals surface area contributed by atoms with Gasteiger partial charge in [-0.15, -0.1) is 0 Å². The first-order valence-electron chi connectivity index (χ1n) is 11.8. The molecule has 8 nitrogen and oxygen atoms in total. The molecule has 0 unspecified atom stereocenters. The maximum Gasteiger partial charge on any atom is 0.294 e. The zero-order valence-corrected chi connectivity index (χ0v) is 21.5. The molecule has 5 rings (SSSR count). The average molecular weight is 524 g/mol. The Labute approximate surface area is 214 Å². The van der Waals surface area contributed by atoms with E-state index in [1.54, 1.807) is 18.9 Å². The summed E-state index contributed by atoms with van der Waals surface area (Å²) in [5.41, 5.74) is 4.58. The van der Waals surface area contributed by atoms with Crippen molar-refractivity contribution < 1.29 is 27.1 Å². The molecular formula is C27H26FN3O5S. The predicted octanol–water partition coefficient (Wildman–Crippen LogP) is 4.38. The first-order chi connectivity index (χ1) is 17.7. The number of sulfone groups is 1. The van der Waals surface area contributed by atoms with Gasteiger partial charge < -0.3 is 19.4 Å². The molecule has 0 aliphatic carbocycles. The third-order valence-corrected chi connectivity index (χ3v) is 7.62. The molecule has 0 radical (unpaired) electrons. The standard InChI is InChI=1S/C27H26FN3O5S/c1-4-19-20(7-10-24(25(19)28)37(3,33)34)26(32)31-11-12-36-23-9-6-16(13-18(23)15-31)17-5-8-21-22(14-17)30-27(29-21)35-2/h5-10,13-14H,4,11-12,15H2,1-3H3,(H,29,30). The number of halogens is 1. The number of amides is 1. The van der Waals surface area contributed by atoms with Gasteiger partial charge in [0.15, 0.2) is 9.84 Å². The van der Waals surface area contributed by atoms with Crippen LogP contribution < -0.4 is 9.47 Å². The zero-order valence-electron chi connectivity index (χ0n) is 20.7. The van der Waals surface area contributed by atoms with Gasteiger partial charge in [-0.25, -0.2) is 12.8 Å². The molecule has 192 valence electrons. The third-order valence-electron chi connectivity index (χ3n) is 6.51. The maximum absolute atomic E-state index is 15.1. The van der Waals surface area contributed by atoms with Gasteiger partial charge in [0, 0.05) is 29.5 Å². The number of aromatic nitrogens is 2. The Balaban J connectivity index is 1.47. The summed E-state index contributed by atoms with van der Waals surface area (Å²) >= 11 is 0. The Hall–Kier alpha value is -3.92. The van der Waals surface area contributed by atoms with Gasteiger partial charge in [0.2, 0.25) is 0 Å². The lowest BCUT2D eigenvalue weighted by Gasteiger charge is -2.22. The normalized spacial score (nSPS) is 13.7. The second kappa shape index (κ2) is 9.51. The molecule has 0 spiro atoms. The van der Waals surface area contributed by atoms with Crippen molar-refractivity contribution in [3.8, 4) is 22.9 Å². The lowest BCUT2D eigenvalue weighted by atomic mass is 10.0. The number of nitrogens with one attached hydrogen (secondary N) is 1. The molecule has 2 heterocycles. The first kappa shape index (κ1) is 24.8. The molecule has 0 saturated carbocycles. The fourth-order valence-electron chi connectivity index (χ4n) is 4.61. The molecule has 0 fully saturated rings. The Morgan fingerprint density at radius 2 is 1.92 bits per heavy atom. The minimum Gasteiger partial charge on any atom is -0.491 e. The summed E-state index contributed by atoms with van der Waals surface area (Å²) in [6.45, 7) is 2.55. The van der Waals surface area contributed by atoms with Crippen LogP contribution in [-0.2, 0) is 22.8 Å². The minimum atomic E-state index is -3.76. The number of ether oxygens (including phenoxy) is 2. The number of imidazole rings is 1. The van der Waals surface area contributed by atoms with Crippen molar-refractivity contribution in [2.24, 2.45) is 0 Å². The fourth-order valence-corrected chi connectivity index (χ4v) is 5.38. The molecule has 3 aromatic carbocycles. The highest BCUT2D eigenvalue weighted by Gasteiger charge is 2.27. The number of rotatable bonds is 5. The van der Waals surface area contributed by atoms with E-state index in [1.807, 2.05) is 36.4 Å². The molecule has 4 aromatic rings. The monoisotopic (exact) mass is 523 g/mol. The number of nitrogens with zero attached hydrogens (tertiary/aromatic N) is 2. The van der Waals surface area contributed by atoms with Crippen LogP contribution in [0.1, 0.15) is 28.4 Å². The molecule has 37 heavy (non-hydrogen) atoms. The number of benzene rings is 3. The van der Waals surface area contributed by atoms with Crippen LogP contribution in [0.3, 0.4) is 0 Å². The van der Waals surface area contributed by atoms with Crippen molar-refractivity contribution in [2.45, 2.75) is 24.8 Å². The van der Waals surface area contributed by atoms with Gasteiger partial charge in [0.25, 0.3) is 11.9 Å². The van der Waals surface area contributed by atoms with Gasteiger partial charge in [-0.05, 0) is 53.9 Å². The summed E-state index contributed by atoms with van der Waals surface area (Å²) in [6, 6.07) is 14.7. The van der Waals surface area contributed by atoms with E-state index in [4.69, 9.17) is 9.47 Å². The highest BCUT2D eigenvalue weighted by atomic mass is 32.2. The third kappa shape index (κ3) is 4.64. The van der Waals surface area contributed by atoms with E-state index in [9.17, 15) is 13.2 Å². The summed E-state index contributed by atoms with van der Waals surface area (Å²) < 4.78 is 50.1. The van der Waals surface area contributed by atoms with E-state index in [0.29, 0.717) is 18.3 Å². The molecule has 1 aliphatic heterocycles. The fraction of sp³-hybridized carbons (Fsp3) is 0.259. The smallest absolute Gasteiger partial charge is 0.294 e. The van der Waals surface area contributed by atoms with Crippen LogP contribution in [0.2, 0.25) is 0 Å². The largest absolute Gasteiger partial charge is 0.491 e. The number of carbonyl (C=O) groups is 1. The number of methoxy groups -OCH3 is 1. The van der Waals surface area contributed by atoms with Crippen LogP contribution in [0.5, 0.6) is 11.8 Å². The van der Waals surface area contributed by atoms with Crippen molar-refractivity contribution in [3.05, 3.63) is 71.0 Å². The van der Waals surface area contributed by atoms with Gasteiger partial charge in [-0.1, -0.05) is 19.1 Å². The predicted molar refractivity (Wildman–Crippen MR) is 137 cm³/mol. The Morgan fingerprint density at radius 1 is 1.16 bits per heavy atom. The number of hydrogen-bond acceptors (Lipinski definition) is 6. The number of H-pyrrole nitrogens is 1. The summed E-state index contributed by atoms with van der Waals surface area (Å²) in [4.78, 5) is 22.2. The van der Waals surface area contributed by atoms with E-state index in [1.165, 1.54) is 6.07 Å². The lowest BCUT2D eigenvalue weighted by Crippen LogP contribution is -2.33. The molecule has 10 heteroatoms.